The van der Waals surface area contributed by atoms with Crippen LogP contribution >= 0.6 is 0 Å². The predicted molar refractivity (Wildman–Crippen MR) is 78.3 cm³/mol. The first kappa shape index (κ1) is 15.4. The third-order valence-corrected chi connectivity index (χ3v) is 3.87. The molecule has 1 aliphatic carbocycles. The molecule has 114 valence electrons. The summed E-state index contributed by atoms with van der Waals surface area (Å²) in [7, 11) is 1.54. The Kier molecular flexibility index (Phi) is 4.21. The number of aliphatic carboxylic acids is 1. The van der Waals surface area contributed by atoms with Crippen molar-refractivity contribution in [2.75, 3.05) is 7.11 Å². The number of carboxylic acids is 1. The van der Waals surface area contributed by atoms with Crippen LogP contribution in [-0.2, 0) is 16.0 Å². The fourth-order valence-electron chi connectivity index (χ4n) is 2.25. The minimum Gasteiger partial charge on any atom is -0.496 e. The van der Waals surface area contributed by atoms with E-state index >= 15 is 0 Å². The molecule has 0 aromatic heterocycles. The summed E-state index contributed by atoms with van der Waals surface area (Å²) in [4.78, 5) is 24.0. The number of carbonyl (C=O) groups excluding carboxylic acids is 1. The predicted octanol–water partition coefficient (Wildman–Crippen LogP) is 1.92. The molecule has 0 heterocycles. The maximum atomic E-state index is 12.3. The quantitative estimate of drug-likeness (QED) is 0.785. The first-order chi connectivity index (χ1) is 9.86. The number of rotatable bonds is 6. The van der Waals surface area contributed by atoms with Crippen LogP contribution in [0.2, 0.25) is 0 Å². The van der Waals surface area contributed by atoms with Crippen molar-refractivity contribution in [2.45, 2.75) is 39.2 Å². The van der Waals surface area contributed by atoms with Crippen molar-refractivity contribution in [2.24, 2.45) is 5.41 Å². The molecule has 21 heavy (non-hydrogen) atoms. The van der Waals surface area contributed by atoms with Crippen LogP contribution in [0.4, 0.5) is 0 Å². The van der Waals surface area contributed by atoms with Crippen molar-refractivity contribution in [1.29, 1.82) is 0 Å². The van der Waals surface area contributed by atoms with Gasteiger partial charge < -0.3 is 15.2 Å². The Labute approximate surface area is 124 Å². The van der Waals surface area contributed by atoms with E-state index in [1.165, 1.54) is 14.0 Å². The lowest BCUT2D eigenvalue weighted by Gasteiger charge is -2.25. The van der Waals surface area contributed by atoms with Crippen LogP contribution in [0.25, 0.3) is 0 Å². The van der Waals surface area contributed by atoms with Gasteiger partial charge in [0, 0.05) is 12.5 Å². The Balaban J connectivity index is 2.28. The number of hydrogen-bond donors (Lipinski definition) is 2. The molecule has 0 radical (unpaired) electrons. The van der Waals surface area contributed by atoms with Gasteiger partial charge in [0.05, 0.1) is 7.11 Å². The Hall–Kier alpha value is -2.04. The van der Waals surface area contributed by atoms with Crippen LogP contribution < -0.4 is 10.1 Å². The fraction of sp³-hybridized carbons (Fsp3) is 0.500. The van der Waals surface area contributed by atoms with E-state index in [2.05, 4.69) is 5.32 Å². The van der Waals surface area contributed by atoms with Gasteiger partial charge in [0.2, 0.25) is 5.91 Å². The molecule has 0 spiro atoms. The second-order valence-electron chi connectivity index (χ2n) is 5.88. The first-order valence-corrected chi connectivity index (χ1v) is 7.04. The molecule has 2 N–H and O–H groups in total. The second-order valence-corrected chi connectivity index (χ2v) is 5.88. The standard InChI is InChI=1S/C16H21NO4/c1-10-4-7-13(21-3)11(8-10)9-16(2,15(19)20)14(18)17-12-5-6-12/h4,7-8,12H,5-6,9H2,1-3H3,(H,17,18)(H,19,20). The van der Waals surface area contributed by atoms with E-state index in [-0.39, 0.29) is 12.5 Å². The molecule has 0 bridgehead atoms. The molecule has 0 aliphatic heterocycles. The first-order valence-electron chi connectivity index (χ1n) is 7.04. The van der Waals surface area contributed by atoms with Crippen LogP contribution in [0, 0.1) is 12.3 Å². The number of amides is 1. The smallest absolute Gasteiger partial charge is 0.319 e. The average Bonchev–Trinajstić information content (AvgIpc) is 3.22. The van der Waals surface area contributed by atoms with Crippen molar-refractivity contribution < 1.29 is 19.4 Å². The molecular weight excluding hydrogens is 270 g/mol. The van der Waals surface area contributed by atoms with Gasteiger partial charge in [0.15, 0.2) is 0 Å². The number of aryl methyl sites for hydroxylation is 1. The maximum Gasteiger partial charge on any atom is 0.319 e. The summed E-state index contributed by atoms with van der Waals surface area (Å²) >= 11 is 0. The molecule has 1 saturated carbocycles. The van der Waals surface area contributed by atoms with Crippen LogP contribution in [0.5, 0.6) is 5.75 Å². The van der Waals surface area contributed by atoms with Gasteiger partial charge in [-0.15, -0.1) is 0 Å². The highest BCUT2D eigenvalue weighted by molar-refractivity contribution is 6.02. The average molecular weight is 291 g/mol. The Morgan fingerprint density at radius 2 is 2.10 bits per heavy atom. The number of carboxylic acid groups (broad SMARTS) is 1. The van der Waals surface area contributed by atoms with E-state index in [1.807, 2.05) is 19.1 Å². The highest BCUT2D eigenvalue weighted by atomic mass is 16.5. The summed E-state index contributed by atoms with van der Waals surface area (Å²) in [6.07, 6.45) is 1.95. The molecule has 2 rings (SSSR count). The van der Waals surface area contributed by atoms with Gasteiger partial charge in [-0.05, 0) is 38.3 Å². The Morgan fingerprint density at radius 3 is 2.62 bits per heavy atom. The zero-order chi connectivity index (χ0) is 15.6. The molecule has 5 nitrogen and oxygen atoms in total. The topological polar surface area (TPSA) is 75.6 Å². The molecule has 1 fully saturated rings. The summed E-state index contributed by atoms with van der Waals surface area (Å²) in [5.74, 6) is -0.947. The van der Waals surface area contributed by atoms with E-state index in [0.29, 0.717) is 5.75 Å². The van der Waals surface area contributed by atoms with Crippen LogP contribution in [-0.4, -0.2) is 30.1 Å². The minimum atomic E-state index is -1.50. The molecule has 1 aromatic rings. The summed E-state index contributed by atoms with van der Waals surface area (Å²) in [5, 5.41) is 12.3. The van der Waals surface area contributed by atoms with E-state index in [1.54, 1.807) is 6.07 Å². The van der Waals surface area contributed by atoms with Gasteiger partial charge in [-0.25, -0.2) is 0 Å². The normalized spacial score (nSPS) is 16.9. The summed E-state index contributed by atoms with van der Waals surface area (Å²) in [5.41, 5.74) is 0.235. The Bertz CT molecular complexity index is 565. The largest absolute Gasteiger partial charge is 0.496 e. The SMILES string of the molecule is COc1ccc(C)cc1CC(C)(C(=O)O)C(=O)NC1CC1. The summed E-state index contributed by atoms with van der Waals surface area (Å²) in [6, 6.07) is 5.69. The van der Waals surface area contributed by atoms with Gasteiger partial charge in [0.25, 0.3) is 0 Å². The molecule has 1 unspecified atom stereocenters. The van der Waals surface area contributed by atoms with Crippen LogP contribution in [0.3, 0.4) is 0 Å². The summed E-state index contributed by atoms with van der Waals surface area (Å²) in [6.45, 7) is 3.39. The van der Waals surface area contributed by atoms with E-state index in [0.717, 1.165) is 24.0 Å². The zero-order valence-corrected chi connectivity index (χ0v) is 12.6. The van der Waals surface area contributed by atoms with Crippen molar-refractivity contribution in [1.82, 2.24) is 5.32 Å². The van der Waals surface area contributed by atoms with Crippen molar-refractivity contribution >= 4 is 11.9 Å². The highest BCUT2D eigenvalue weighted by Crippen LogP contribution is 2.31. The van der Waals surface area contributed by atoms with Gasteiger partial charge in [-0.1, -0.05) is 17.7 Å². The third-order valence-electron chi connectivity index (χ3n) is 3.87. The lowest BCUT2D eigenvalue weighted by Crippen LogP contribution is -2.46. The van der Waals surface area contributed by atoms with Gasteiger partial charge in [-0.2, -0.15) is 0 Å². The minimum absolute atomic E-state index is 0.103. The number of carbonyl (C=O) groups is 2. The van der Waals surface area contributed by atoms with Crippen LogP contribution in [0.1, 0.15) is 30.9 Å². The molecule has 1 aliphatic rings. The Morgan fingerprint density at radius 1 is 1.43 bits per heavy atom. The number of methoxy groups -OCH3 is 1. The fourth-order valence-corrected chi connectivity index (χ4v) is 2.25. The molecule has 1 amide bonds. The number of benzene rings is 1. The maximum absolute atomic E-state index is 12.3. The molecule has 1 aromatic carbocycles. The van der Waals surface area contributed by atoms with Gasteiger partial charge in [0.1, 0.15) is 11.2 Å². The van der Waals surface area contributed by atoms with Crippen molar-refractivity contribution in [3.8, 4) is 5.75 Å². The van der Waals surface area contributed by atoms with Crippen molar-refractivity contribution in [3.63, 3.8) is 0 Å². The van der Waals surface area contributed by atoms with Crippen LogP contribution in [0.15, 0.2) is 18.2 Å². The molecule has 5 heteroatoms. The monoisotopic (exact) mass is 291 g/mol. The number of ether oxygens (including phenoxy) is 1. The number of nitrogens with one attached hydrogen (secondary N) is 1. The zero-order valence-electron chi connectivity index (χ0n) is 12.6. The lowest BCUT2D eigenvalue weighted by molar-refractivity contribution is -0.154. The molecular formula is C16H21NO4. The van der Waals surface area contributed by atoms with E-state index in [4.69, 9.17) is 4.74 Å². The van der Waals surface area contributed by atoms with E-state index in [9.17, 15) is 14.7 Å². The highest BCUT2D eigenvalue weighted by Gasteiger charge is 2.43. The second kappa shape index (κ2) is 5.76. The molecule has 0 saturated heterocycles. The molecule has 1 atom stereocenters. The van der Waals surface area contributed by atoms with Crippen molar-refractivity contribution in [3.05, 3.63) is 29.3 Å². The lowest BCUT2D eigenvalue weighted by atomic mass is 9.82. The summed E-state index contributed by atoms with van der Waals surface area (Å²) < 4.78 is 5.27. The van der Waals surface area contributed by atoms with Gasteiger partial charge in [-0.3, -0.25) is 9.59 Å². The number of hydrogen-bond acceptors (Lipinski definition) is 3. The third kappa shape index (κ3) is 3.35. The van der Waals surface area contributed by atoms with E-state index < -0.39 is 17.3 Å². The van der Waals surface area contributed by atoms with Gasteiger partial charge >= 0.3 is 5.97 Å².